The number of nitrogens with one attached hydrogen (secondary N) is 1. The maximum atomic E-state index is 12.3. The summed E-state index contributed by atoms with van der Waals surface area (Å²) in [4.78, 5) is 26.0. The Kier molecular flexibility index (Phi) is 6.30. The molecule has 0 atom stereocenters. The van der Waals surface area contributed by atoms with Gasteiger partial charge in [0, 0.05) is 19.1 Å². The van der Waals surface area contributed by atoms with Crippen LogP contribution in [0, 0.1) is 6.92 Å². The summed E-state index contributed by atoms with van der Waals surface area (Å²) < 4.78 is 10.8. The fraction of sp³-hybridized carbons (Fsp3) is 0.333. The number of rotatable bonds is 5. The summed E-state index contributed by atoms with van der Waals surface area (Å²) in [5, 5.41) is 2.86. The van der Waals surface area contributed by atoms with Crippen molar-refractivity contribution in [3.8, 4) is 11.5 Å². The van der Waals surface area contributed by atoms with Gasteiger partial charge in [-0.05, 0) is 44.0 Å². The molecule has 0 unspecified atom stereocenters. The molecule has 0 aliphatic carbocycles. The molecule has 0 spiro atoms. The van der Waals surface area contributed by atoms with E-state index in [1.165, 1.54) is 0 Å². The SMILES string of the molecule is Cc1ccc(OCC(=O)N2CCC(NC(=O)Oc3ccccc3)CC2)cc1. The third-order valence-corrected chi connectivity index (χ3v) is 4.51. The van der Waals surface area contributed by atoms with Gasteiger partial charge in [-0.2, -0.15) is 0 Å². The van der Waals surface area contributed by atoms with Gasteiger partial charge in [-0.25, -0.2) is 4.79 Å². The van der Waals surface area contributed by atoms with E-state index in [9.17, 15) is 9.59 Å². The van der Waals surface area contributed by atoms with Gasteiger partial charge in [0.2, 0.25) is 0 Å². The van der Waals surface area contributed by atoms with Crippen molar-refractivity contribution in [2.45, 2.75) is 25.8 Å². The number of amides is 2. The van der Waals surface area contributed by atoms with Gasteiger partial charge in [0.1, 0.15) is 11.5 Å². The van der Waals surface area contributed by atoms with E-state index in [4.69, 9.17) is 9.47 Å². The molecule has 3 rings (SSSR count). The van der Waals surface area contributed by atoms with Crippen LogP contribution in [0.2, 0.25) is 0 Å². The minimum Gasteiger partial charge on any atom is -0.484 e. The van der Waals surface area contributed by atoms with Crippen molar-refractivity contribution in [2.75, 3.05) is 19.7 Å². The van der Waals surface area contributed by atoms with Gasteiger partial charge in [-0.1, -0.05) is 35.9 Å². The standard InChI is InChI=1S/C21H24N2O4/c1-16-7-9-18(10-8-16)26-15-20(24)23-13-11-17(12-14-23)22-21(25)27-19-5-3-2-4-6-19/h2-10,17H,11-15H2,1H3,(H,22,25). The minimum absolute atomic E-state index is 0.00304. The number of nitrogens with zero attached hydrogens (tertiary/aromatic N) is 1. The number of likely N-dealkylation sites (tertiary alicyclic amines) is 1. The van der Waals surface area contributed by atoms with Gasteiger partial charge in [-0.3, -0.25) is 4.79 Å². The molecule has 142 valence electrons. The van der Waals surface area contributed by atoms with E-state index < -0.39 is 6.09 Å². The Hall–Kier alpha value is -3.02. The van der Waals surface area contributed by atoms with Crippen molar-refractivity contribution in [3.05, 3.63) is 60.2 Å². The van der Waals surface area contributed by atoms with E-state index in [0.29, 0.717) is 37.4 Å². The molecular weight excluding hydrogens is 344 g/mol. The van der Waals surface area contributed by atoms with E-state index in [2.05, 4.69) is 5.32 Å². The van der Waals surface area contributed by atoms with Crippen LogP contribution in [-0.2, 0) is 4.79 Å². The van der Waals surface area contributed by atoms with Gasteiger partial charge in [0.05, 0.1) is 0 Å². The van der Waals surface area contributed by atoms with Gasteiger partial charge in [-0.15, -0.1) is 0 Å². The first-order chi connectivity index (χ1) is 13.1. The maximum Gasteiger partial charge on any atom is 0.412 e. The minimum atomic E-state index is -0.464. The first-order valence-electron chi connectivity index (χ1n) is 9.11. The summed E-state index contributed by atoms with van der Waals surface area (Å²) in [6.45, 7) is 3.21. The molecule has 1 fully saturated rings. The Morgan fingerprint density at radius 2 is 1.67 bits per heavy atom. The molecule has 1 aliphatic heterocycles. The highest BCUT2D eigenvalue weighted by Gasteiger charge is 2.24. The van der Waals surface area contributed by atoms with E-state index >= 15 is 0 Å². The predicted molar refractivity (Wildman–Crippen MR) is 102 cm³/mol. The number of hydrogen-bond acceptors (Lipinski definition) is 4. The molecule has 1 aliphatic rings. The van der Waals surface area contributed by atoms with E-state index in [-0.39, 0.29) is 18.6 Å². The summed E-state index contributed by atoms with van der Waals surface area (Å²) in [6, 6.07) is 16.6. The first kappa shape index (κ1) is 18.8. The summed E-state index contributed by atoms with van der Waals surface area (Å²) in [6.07, 6.45) is 0.925. The maximum absolute atomic E-state index is 12.3. The fourth-order valence-corrected chi connectivity index (χ4v) is 2.94. The molecule has 1 heterocycles. The smallest absolute Gasteiger partial charge is 0.412 e. The lowest BCUT2D eigenvalue weighted by molar-refractivity contribution is -0.134. The van der Waals surface area contributed by atoms with Crippen molar-refractivity contribution in [3.63, 3.8) is 0 Å². The number of ether oxygens (including phenoxy) is 2. The summed E-state index contributed by atoms with van der Waals surface area (Å²) in [5.41, 5.74) is 1.15. The molecular formula is C21H24N2O4. The number of aryl methyl sites for hydroxylation is 1. The van der Waals surface area contributed by atoms with Crippen molar-refractivity contribution >= 4 is 12.0 Å². The molecule has 1 N–H and O–H groups in total. The summed E-state index contributed by atoms with van der Waals surface area (Å²) in [7, 11) is 0. The third-order valence-electron chi connectivity index (χ3n) is 4.51. The molecule has 6 nitrogen and oxygen atoms in total. The Morgan fingerprint density at radius 3 is 2.33 bits per heavy atom. The van der Waals surface area contributed by atoms with Crippen LogP contribution in [0.3, 0.4) is 0 Å². The third kappa shape index (κ3) is 5.74. The van der Waals surface area contributed by atoms with Crippen LogP contribution in [0.4, 0.5) is 4.79 Å². The molecule has 2 aromatic carbocycles. The Morgan fingerprint density at radius 1 is 1.00 bits per heavy atom. The zero-order chi connectivity index (χ0) is 19.1. The molecule has 2 amide bonds. The highest BCUT2D eigenvalue weighted by atomic mass is 16.6. The lowest BCUT2D eigenvalue weighted by atomic mass is 10.1. The van der Waals surface area contributed by atoms with Crippen LogP contribution >= 0.6 is 0 Å². The monoisotopic (exact) mass is 368 g/mol. The van der Waals surface area contributed by atoms with Crippen LogP contribution < -0.4 is 14.8 Å². The van der Waals surface area contributed by atoms with Gasteiger partial charge in [0.15, 0.2) is 6.61 Å². The normalized spacial score (nSPS) is 14.5. The number of carbonyl (C=O) groups excluding carboxylic acids is 2. The number of carbonyl (C=O) groups is 2. The highest BCUT2D eigenvalue weighted by Crippen LogP contribution is 2.14. The molecule has 0 bridgehead atoms. The van der Waals surface area contributed by atoms with E-state index in [1.807, 2.05) is 49.4 Å². The average molecular weight is 368 g/mol. The summed E-state index contributed by atoms with van der Waals surface area (Å²) in [5.74, 6) is 1.16. The highest BCUT2D eigenvalue weighted by molar-refractivity contribution is 5.78. The van der Waals surface area contributed by atoms with E-state index in [0.717, 1.165) is 5.56 Å². The average Bonchev–Trinajstić information content (AvgIpc) is 2.68. The summed E-state index contributed by atoms with van der Waals surface area (Å²) >= 11 is 0. The van der Waals surface area contributed by atoms with Crippen molar-refractivity contribution in [1.82, 2.24) is 10.2 Å². The van der Waals surface area contributed by atoms with Crippen LogP contribution in [0.5, 0.6) is 11.5 Å². The number of hydrogen-bond donors (Lipinski definition) is 1. The van der Waals surface area contributed by atoms with Crippen LogP contribution in [-0.4, -0.2) is 42.6 Å². The second-order valence-corrected chi connectivity index (χ2v) is 6.60. The predicted octanol–water partition coefficient (Wildman–Crippen LogP) is 3.15. The van der Waals surface area contributed by atoms with E-state index in [1.54, 1.807) is 17.0 Å². The quantitative estimate of drug-likeness (QED) is 0.880. The number of benzene rings is 2. The Labute approximate surface area is 159 Å². The molecule has 27 heavy (non-hydrogen) atoms. The number of para-hydroxylation sites is 1. The van der Waals surface area contributed by atoms with Crippen LogP contribution in [0.1, 0.15) is 18.4 Å². The van der Waals surface area contributed by atoms with Crippen molar-refractivity contribution in [1.29, 1.82) is 0 Å². The Balaban J connectivity index is 1.38. The fourth-order valence-electron chi connectivity index (χ4n) is 2.94. The molecule has 0 saturated carbocycles. The lowest BCUT2D eigenvalue weighted by Crippen LogP contribution is -2.48. The lowest BCUT2D eigenvalue weighted by Gasteiger charge is -2.32. The zero-order valence-corrected chi connectivity index (χ0v) is 15.4. The van der Waals surface area contributed by atoms with Gasteiger partial charge in [0.25, 0.3) is 5.91 Å². The first-order valence-corrected chi connectivity index (χ1v) is 9.11. The molecule has 2 aromatic rings. The topological polar surface area (TPSA) is 67.9 Å². The molecule has 0 aromatic heterocycles. The van der Waals surface area contributed by atoms with Crippen LogP contribution in [0.15, 0.2) is 54.6 Å². The zero-order valence-electron chi connectivity index (χ0n) is 15.4. The number of piperidine rings is 1. The van der Waals surface area contributed by atoms with Crippen molar-refractivity contribution < 1.29 is 19.1 Å². The molecule has 6 heteroatoms. The second kappa shape index (κ2) is 9.07. The largest absolute Gasteiger partial charge is 0.484 e. The van der Waals surface area contributed by atoms with Crippen LogP contribution in [0.25, 0.3) is 0 Å². The van der Waals surface area contributed by atoms with Gasteiger partial charge >= 0.3 is 6.09 Å². The van der Waals surface area contributed by atoms with Gasteiger partial charge < -0.3 is 19.7 Å². The second-order valence-electron chi connectivity index (χ2n) is 6.60. The molecule has 0 radical (unpaired) electrons. The Bertz CT molecular complexity index is 754. The van der Waals surface area contributed by atoms with Crippen molar-refractivity contribution in [2.24, 2.45) is 0 Å². The molecule has 1 saturated heterocycles.